The molecule has 1 fully saturated rings. The van der Waals surface area contributed by atoms with E-state index in [0.717, 1.165) is 17.9 Å². The summed E-state index contributed by atoms with van der Waals surface area (Å²) in [6, 6.07) is 6.15. The third-order valence-corrected chi connectivity index (χ3v) is 6.48. The highest BCUT2D eigenvalue weighted by Crippen LogP contribution is 2.44. The topological polar surface area (TPSA) is 107 Å². The van der Waals surface area contributed by atoms with Gasteiger partial charge in [0.15, 0.2) is 0 Å². The van der Waals surface area contributed by atoms with Gasteiger partial charge < -0.3 is 14.8 Å². The van der Waals surface area contributed by atoms with Gasteiger partial charge in [-0.3, -0.25) is 14.2 Å². The van der Waals surface area contributed by atoms with Gasteiger partial charge in [-0.15, -0.1) is 0 Å². The zero-order valence-electron chi connectivity index (χ0n) is 21.3. The molecule has 1 atom stereocenters. The number of rotatable bonds is 9. The fourth-order valence-electron chi connectivity index (χ4n) is 4.57. The summed E-state index contributed by atoms with van der Waals surface area (Å²) >= 11 is 0. The van der Waals surface area contributed by atoms with Crippen LogP contribution in [-0.2, 0) is 13.6 Å². The largest absolute Gasteiger partial charge is 0.496 e. The van der Waals surface area contributed by atoms with E-state index in [1.165, 1.54) is 36.3 Å². The molecule has 5 rings (SSSR count). The molecule has 0 saturated heterocycles. The van der Waals surface area contributed by atoms with Gasteiger partial charge >= 0.3 is 6.61 Å². The van der Waals surface area contributed by atoms with E-state index in [1.807, 2.05) is 0 Å². The van der Waals surface area contributed by atoms with Crippen LogP contribution in [0.25, 0.3) is 33.3 Å². The Morgan fingerprint density at radius 3 is 2.49 bits per heavy atom. The number of benzene rings is 2. The van der Waals surface area contributed by atoms with Gasteiger partial charge in [-0.05, 0) is 29.8 Å². The van der Waals surface area contributed by atoms with Crippen molar-refractivity contribution in [3.8, 4) is 40.0 Å². The van der Waals surface area contributed by atoms with Crippen LogP contribution in [0.4, 0.5) is 26.3 Å². The van der Waals surface area contributed by atoms with Crippen LogP contribution in [0.15, 0.2) is 36.7 Å². The Labute approximate surface area is 227 Å². The van der Waals surface area contributed by atoms with E-state index in [-0.39, 0.29) is 22.6 Å². The molecule has 1 saturated carbocycles. The molecule has 2 aromatic carbocycles. The number of alkyl halides is 6. The molecule has 0 unspecified atom stereocenters. The zero-order chi connectivity index (χ0) is 29.6. The Morgan fingerprint density at radius 1 is 1.17 bits per heavy atom. The number of ether oxygens (including phenoxy) is 2. The molecule has 1 N–H and O–H groups in total. The zero-order valence-corrected chi connectivity index (χ0v) is 21.3. The van der Waals surface area contributed by atoms with Crippen molar-refractivity contribution in [1.29, 1.82) is 5.26 Å². The number of nitrogens with one attached hydrogen (secondary N) is 1. The van der Waals surface area contributed by atoms with Crippen molar-refractivity contribution in [3.05, 3.63) is 47.8 Å². The second kappa shape index (κ2) is 10.3. The highest BCUT2D eigenvalue weighted by molar-refractivity contribution is 6.03. The number of amides is 1. The number of hydrogen-bond donors (Lipinski definition) is 1. The lowest BCUT2D eigenvalue weighted by atomic mass is 9.97. The van der Waals surface area contributed by atoms with E-state index in [1.54, 1.807) is 6.07 Å². The summed E-state index contributed by atoms with van der Waals surface area (Å²) in [6.07, 6.45) is -0.425. The van der Waals surface area contributed by atoms with E-state index in [4.69, 9.17) is 4.74 Å². The van der Waals surface area contributed by atoms with Crippen LogP contribution in [0.2, 0.25) is 0 Å². The normalized spacial score (nSPS) is 15.8. The molecular formula is C26H20F6N6O3. The number of fused-ring (bicyclic) bond motifs is 1. The molecule has 4 aromatic rings. The van der Waals surface area contributed by atoms with Crippen LogP contribution in [0.5, 0.6) is 11.5 Å². The molecule has 15 heteroatoms. The summed E-state index contributed by atoms with van der Waals surface area (Å²) in [7, 11) is 2.70. The molecule has 0 radical (unpaired) electrons. The third kappa shape index (κ3) is 5.37. The number of nitrogens with zero attached hydrogens (tertiary/aromatic N) is 5. The standard InChI is InChI=1S/C26H20F6N6O3/c1-37-23(21-14(8-33)3-12(4-16(21)36-37)15-9-34-38(10-15)11-20(27)28)13-5-17(40-2)22(18(6-13)41-25(29)30)24(39)35-19-7-26(19,31)32/h3-6,9-10,19-20,25H,7,11H2,1-2H3,(H,35,39)/t19-/m1/s1. The van der Waals surface area contributed by atoms with Crippen LogP contribution in [0, 0.1) is 11.3 Å². The lowest BCUT2D eigenvalue weighted by molar-refractivity contribution is -0.0502. The van der Waals surface area contributed by atoms with Crippen molar-refractivity contribution in [2.75, 3.05) is 7.11 Å². The van der Waals surface area contributed by atoms with Crippen molar-refractivity contribution < 1.29 is 40.6 Å². The highest BCUT2D eigenvalue weighted by atomic mass is 19.3. The van der Waals surface area contributed by atoms with Crippen LogP contribution in [-0.4, -0.2) is 57.6 Å². The first-order valence-electron chi connectivity index (χ1n) is 12.0. The van der Waals surface area contributed by atoms with Crippen molar-refractivity contribution in [1.82, 2.24) is 24.9 Å². The maximum Gasteiger partial charge on any atom is 0.387 e. The lowest BCUT2D eigenvalue weighted by Gasteiger charge is -2.17. The lowest BCUT2D eigenvalue weighted by Crippen LogP contribution is -2.30. The number of halogens is 6. The molecule has 0 bridgehead atoms. The summed E-state index contributed by atoms with van der Waals surface area (Å²) in [6.45, 7) is -3.97. The minimum atomic E-state index is -3.37. The number of carbonyl (C=O) groups excluding carboxylic acids is 1. The first-order valence-corrected chi connectivity index (χ1v) is 12.0. The highest BCUT2D eigenvalue weighted by Gasteiger charge is 2.58. The summed E-state index contributed by atoms with van der Waals surface area (Å²) < 4.78 is 91.4. The molecule has 0 spiro atoms. The maximum absolute atomic E-state index is 13.4. The molecule has 41 heavy (non-hydrogen) atoms. The van der Waals surface area contributed by atoms with E-state index < -0.39 is 55.2 Å². The fraction of sp³-hybridized carbons (Fsp3) is 0.308. The van der Waals surface area contributed by atoms with E-state index in [2.05, 4.69) is 26.3 Å². The van der Waals surface area contributed by atoms with E-state index >= 15 is 0 Å². The average Bonchev–Trinajstić information content (AvgIpc) is 3.20. The van der Waals surface area contributed by atoms with Gasteiger partial charge in [0.2, 0.25) is 0 Å². The molecule has 0 aliphatic heterocycles. The minimum Gasteiger partial charge on any atom is -0.496 e. The van der Waals surface area contributed by atoms with Gasteiger partial charge in [-0.1, -0.05) is 0 Å². The molecule has 1 aliphatic carbocycles. The second-order valence-corrected chi connectivity index (χ2v) is 9.27. The number of aromatic nitrogens is 4. The Kier molecular flexibility index (Phi) is 7.02. The Morgan fingerprint density at radius 2 is 1.88 bits per heavy atom. The molecule has 1 aliphatic rings. The monoisotopic (exact) mass is 578 g/mol. The number of hydrogen-bond acceptors (Lipinski definition) is 6. The molecular weight excluding hydrogens is 558 g/mol. The smallest absolute Gasteiger partial charge is 0.387 e. The van der Waals surface area contributed by atoms with E-state index in [9.17, 15) is 36.4 Å². The minimum absolute atomic E-state index is 0.121. The summed E-state index contributed by atoms with van der Waals surface area (Å²) in [4.78, 5) is 12.8. The Hall–Kier alpha value is -4.74. The van der Waals surface area contributed by atoms with Crippen molar-refractivity contribution in [2.45, 2.75) is 38.0 Å². The maximum atomic E-state index is 13.4. The van der Waals surface area contributed by atoms with E-state index in [0.29, 0.717) is 22.0 Å². The van der Waals surface area contributed by atoms with Crippen molar-refractivity contribution in [3.63, 3.8) is 0 Å². The van der Waals surface area contributed by atoms with Gasteiger partial charge in [0.25, 0.3) is 18.3 Å². The van der Waals surface area contributed by atoms with Crippen LogP contribution in [0.1, 0.15) is 22.3 Å². The average molecular weight is 578 g/mol. The Balaban J connectivity index is 1.62. The van der Waals surface area contributed by atoms with Crippen LogP contribution >= 0.6 is 0 Å². The Bertz CT molecular complexity index is 1690. The fourth-order valence-corrected chi connectivity index (χ4v) is 4.57. The van der Waals surface area contributed by atoms with Gasteiger partial charge in [-0.2, -0.15) is 24.2 Å². The van der Waals surface area contributed by atoms with Crippen molar-refractivity contribution in [2.24, 2.45) is 7.05 Å². The quantitative estimate of drug-likeness (QED) is 0.281. The SMILES string of the molecule is COc1cc(-c2c3c(C#N)cc(-c4cnn(CC(F)F)c4)cc3nn2C)cc(OC(F)F)c1C(=O)N[C@@H]1CC1(F)F. The molecule has 9 nitrogen and oxygen atoms in total. The van der Waals surface area contributed by atoms with Crippen molar-refractivity contribution >= 4 is 16.8 Å². The van der Waals surface area contributed by atoms with Crippen LogP contribution in [0.3, 0.4) is 0 Å². The molecule has 2 aromatic heterocycles. The number of aryl methyl sites for hydroxylation is 1. The predicted octanol–water partition coefficient (Wildman–Crippen LogP) is 4.99. The van der Waals surface area contributed by atoms with Crippen LogP contribution < -0.4 is 14.8 Å². The third-order valence-electron chi connectivity index (χ3n) is 6.48. The van der Waals surface area contributed by atoms with Gasteiger partial charge in [0.1, 0.15) is 23.6 Å². The number of carbonyl (C=O) groups is 1. The summed E-state index contributed by atoms with van der Waals surface area (Å²) in [5, 5.41) is 20.7. The molecule has 2 heterocycles. The second-order valence-electron chi connectivity index (χ2n) is 9.27. The first-order chi connectivity index (χ1) is 19.4. The summed E-state index contributed by atoms with van der Waals surface area (Å²) in [5.41, 5.74) is 1.31. The molecule has 214 valence electrons. The predicted molar refractivity (Wildman–Crippen MR) is 132 cm³/mol. The van der Waals surface area contributed by atoms with Gasteiger partial charge in [-0.25, -0.2) is 17.6 Å². The summed E-state index contributed by atoms with van der Waals surface area (Å²) in [5.74, 6) is -5.06. The van der Waals surface area contributed by atoms with Gasteiger partial charge in [0.05, 0.1) is 42.2 Å². The number of methoxy groups -OCH3 is 1. The van der Waals surface area contributed by atoms with Gasteiger partial charge in [0, 0.05) is 36.2 Å². The molecule has 1 amide bonds. The number of nitriles is 1. The first kappa shape index (κ1) is 27.8.